The molecule has 2 rings (SSSR count). The first kappa shape index (κ1) is 11.2. The standard InChI is InChI=1S/C12H20N4/c1-10(7-13)11-8-14-16(9-11)12-3-5-15(2)6-4-12/h7-9,12H,3-6,13H2,1-2H3/b10-7+. The van der Waals surface area contributed by atoms with Crippen LogP contribution in [-0.2, 0) is 0 Å². The molecule has 0 aliphatic carbocycles. The number of hydrogen-bond acceptors (Lipinski definition) is 3. The molecular formula is C12H20N4. The predicted octanol–water partition coefficient (Wildman–Crippen LogP) is 1.47. The summed E-state index contributed by atoms with van der Waals surface area (Å²) in [5.74, 6) is 0. The molecule has 0 unspecified atom stereocenters. The molecule has 16 heavy (non-hydrogen) atoms. The van der Waals surface area contributed by atoms with Gasteiger partial charge in [-0.3, -0.25) is 4.68 Å². The number of nitrogens with zero attached hydrogens (tertiary/aromatic N) is 3. The molecule has 0 aromatic carbocycles. The molecule has 4 heteroatoms. The number of aromatic nitrogens is 2. The Bertz CT molecular complexity index is 372. The van der Waals surface area contributed by atoms with Crippen molar-refractivity contribution in [2.24, 2.45) is 5.73 Å². The third-order valence-electron chi connectivity index (χ3n) is 3.37. The maximum atomic E-state index is 5.50. The summed E-state index contributed by atoms with van der Waals surface area (Å²) < 4.78 is 2.09. The molecule has 1 aromatic rings. The second-order valence-electron chi connectivity index (χ2n) is 4.59. The number of rotatable bonds is 2. The summed E-state index contributed by atoms with van der Waals surface area (Å²) in [5.41, 5.74) is 7.71. The van der Waals surface area contributed by atoms with Crippen molar-refractivity contribution in [2.45, 2.75) is 25.8 Å². The Kier molecular flexibility index (Phi) is 3.29. The molecule has 0 radical (unpaired) electrons. The number of allylic oxidation sites excluding steroid dienone is 1. The number of hydrogen-bond donors (Lipinski definition) is 1. The summed E-state index contributed by atoms with van der Waals surface area (Å²) in [4.78, 5) is 2.37. The van der Waals surface area contributed by atoms with E-state index in [0.717, 1.165) is 24.2 Å². The van der Waals surface area contributed by atoms with E-state index in [1.807, 2.05) is 13.1 Å². The van der Waals surface area contributed by atoms with Crippen molar-refractivity contribution < 1.29 is 0 Å². The van der Waals surface area contributed by atoms with E-state index >= 15 is 0 Å². The van der Waals surface area contributed by atoms with E-state index in [9.17, 15) is 0 Å². The fraction of sp³-hybridized carbons (Fsp3) is 0.583. The first-order valence-electron chi connectivity index (χ1n) is 5.82. The second kappa shape index (κ2) is 4.70. The molecule has 1 saturated heterocycles. The molecule has 4 nitrogen and oxygen atoms in total. The van der Waals surface area contributed by atoms with E-state index in [1.165, 1.54) is 12.8 Å². The minimum atomic E-state index is 0.551. The normalized spacial score (nSPS) is 20.2. The van der Waals surface area contributed by atoms with Gasteiger partial charge in [-0.1, -0.05) is 0 Å². The lowest BCUT2D eigenvalue weighted by Crippen LogP contribution is -2.31. The van der Waals surface area contributed by atoms with Gasteiger partial charge in [-0.05, 0) is 51.7 Å². The Morgan fingerprint density at radius 3 is 2.81 bits per heavy atom. The molecule has 1 aliphatic rings. The fourth-order valence-corrected chi connectivity index (χ4v) is 2.10. The van der Waals surface area contributed by atoms with E-state index in [4.69, 9.17) is 5.73 Å². The highest BCUT2D eigenvalue weighted by Gasteiger charge is 2.18. The van der Waals surface area contributed by atoms with Crippen molar-refractivity contribution in [3.05, 3.63) is 24.2 Å². The van der Waals surface area contributed by atoms with Crippen LogP contribution >= 0.6 is 0 Å². The average Bonchev–Trinajstić information content (AvgIpc) is 2.78. The number of nitrogens with two attached hydrogens (primary N) is 1. The van der Waals surface area contributed by atoms with Crippen LogP contribution in [0.2, 0.25) is 0 Å². The van der Waals surface area contributed by atoms with Crippen molar-refractivity contribution in [1.29, 1.82) is 0 Å². The average molecular weight is 220 g/mol. The smallest absolute Gasteiger partial charge is 0.0565 e. The molecule has 0 spiro atoms. The van der Waals surface area contributed by atoms with Gasteiger partial charge < -0.3 is 10.6 Å². The fourth-order valence-electron chi connectivity index (χ4n) is 2.10. The van der Waals surface area contributed by atoms with Crippen molar-refractivity contribution in [2.75, 3.05) is 20.1 Å². The molecule has 0 amide bonds. The molecular weight excluding hydrogens is 200 g/mol. The second-order valence-corrected chi connectivity index (χ2v) is 4.59. The van der Waals surface area contributed by atoms with Crippen LogP contribution in [0, 0.1) is 0 Å². The first-order chi connectivity index (χ1) is 7.70. The zero-order valence-corrected chi connectivity index (χ0v) is 10.1. The quantitative estimate of drug-likeness (QED) is 0.821. The van der Waals surface area contributed by atoms with Crippen LogP contribution in [0.25, 0.3) is 5.57 Å². The predicted molar refractivity (Wildman–Crippen MR) is 65.8 cm³/mol. The zero-order chi connectivity index (χ0) is 11.5. The first-order valence-corrected chi connectivity index (χ1v) is 5.82. The van der Waals surface area contributed by atoms with Gasteiger partial charge in [0, 0.05) is 11.8 Å². The Labute approximate surface area is 96.7 Å². The zero-order valence-electron chi connectivity index (χ0n) is 10.1. The maximum Gasteiger partial charge on any atom is 0.0565 e. The monoisotopic (exact) mass is 220 g/mol. The Morgan fingerprint density at radius 2 is 2.19 bits per heavy atom. The lowest BCUT2D eigenvalue weighted by Gasteiger charge is -2.28. The van der Waals surface area contributed by atoms with Gasteiger partial charge in [-0.2, -0.15) is 5.10 Å². The SMILES string of the molecule is C/C(=C\N)c1cnn(C2CCN(C)CC2)c1. The van der Waals surface area contributed by atoms with Crippen LogP contribution in [-0.4, -0.2) is 34.8 Å². The van der Waals surface area contributed by atoms with Gasteiger partial charge in [0.15, 0.2) is 0 Å². The van der Waals surface area contributed by atoms with Crippen LogP contribution in [0.1, 0.15) is 31.4 Å². The van der Waals surface area contributed by atoms with Gasteiger partial charge in [-0.15, -0.1) is 0 Å². The number of piperidine rings is 1. The summed E-state index contributed by atoms with van der Waals surface area (Å²) in [6.07, 6.45) is 8.01. The van der Waals surface area contributed by atoms with Crippen molar-refractivity contribution >= 4 is 5.57 Å². The maximum absolute atomic E-state index is 5.50. The van der Waals surface area contributed by atoms with Crippen LogP contribution < -0.4 is 5.73 Å². The summed E-state index contributed by atoms with van der Waals surface area (Å²) in [6, 6.07) is 0.551. The summed E-state index contributed by atoms with van der Waals surface area (Å²) >= 11 is 0. The van der Waals surface area contributed by atoms with Gasteiger partial charge in [-0.25, -0.2) is 0 Å². The molecule has 1 aromatic heterocycles. The molecule has 1 aliphatic heterocycles. The lowest BCUT2D eigenvalue weighted by molar-refractivity contribution is 0.212. The molecule has 0 saturated carbocycles. The number of likely N-dealkylation sites (tertiary alicyclic amines) is 1. The topological polar surface area (TPSA) is 47.1 Å². The van der Waals surface area contributed by atoms with Crippen molar-refractivity contribution in [3.8, 4) is 0 Å². The Morgan fingerprint density at radius 1 is 1.50 bits per heavy atom. The van der Waals surface area contributed by atoms with E-state index in [2.05, 4.69) is 27.9 Å². The summed E-state index contributed by atoms with van der Waals surface area (Å²) in [7, 11) is 2.17. The van der Waals surface area contributed by atoms with Crippen molar-refractivity contribution in [3.63, 3.8) is 0 Å². The summed E-state index contributed by atoms with van der Waals surface area (Å²) in [5, 5.41) is 4.44. The molecule has 0 atom stereocenters. The third-order valence-corrected chi connectivity index (χ3v) is 3.37. The molecule has 0 bridgehead atoms. The Hall–Kier alpha value is -1.29. The molecule has 1 fully saturated rings. The van der Waals surface area contributed by atoms with Gasteiger partial charge >= 0.3 is 0 Å². The largest absolute Gasteiger partial charge is 0.404 e. The minimum absolute atomic E-state index is 0.551. The van der Waals surface area contributed by atoms with E-state index in [1.54, 1.807) is 6.20 Å². The van der Waals surface area contributed by atoms with Crippen molar-refractivity contribution in [1.82, 2.24) is 14.7 Å². The molecule has 2 heterocycles. The van der Waals surface area contributed by atoms with Crippen LogP contribution in [0.3, 0.4) is 0 Å². The molecule has 88 valence electrons. The van der Waals surface area contributed by atoms with Gasteiger partial charge in [0.05, 0.1) is 12.2 Å². The summed E-state index contributed by atoms with van der Waals surface area (Å²) in [6.45, 7) is 4.33. The van der Waals surface area contributed by atoms with Crippen LogP contribution in [0.4, 0.5) is 0 Å². The van der Waals surface area contributed by atoms with Crippen LogP contribution in [0.5, 0.6) is 0 Å². The highest BCUT2D eigenvalue weighted by Crippen LogP contribution is 2.22. The highest BCUT2D eigenvalue weighted by molar-refractivity contribution is 5.61. The molecule has 2 N–H and O–H groups in total. The van der Waals surface area contributed by atoms with Crippen LogP contribution in [0.15, 0.2) is 18.6 Å². The van der Waals surface area contributed by atoms with E-state index in [-0.39, 0.29) is 0 Å². The van der Waals surface area contributed by atoms with E-state index in [0.29, 0.717) is 6.04 Å². The lowest BCUT2D eigenvalue weighted by atomic mass is 10.1. The highest BCUT2D eigenvalue weighted by atomic mass is 15.3. The van der Waals surface area contributed by atoms with E-state index < -0.39 is 0 Å². The van der Waals surface area contributed by atoms with Gasteiger partial charge in [0.25, 0.3) is 0 Å². The minimum Gasteiger partial charge on any atom is -0.404 e. The Balaban J connectivity index is 2.07. The third kappa shape index (κ3) is 2.27. The van der Waals surface area contributed by atoms with Gasteiger partial charge in [0.2, 0.25) is 0 Å². The van der Waals surface area contributed by atoms with Gasteiger partial charge in [0.1, 0.15) is 0 Å².